The molecule has 0 aromatic carbocycles. The van der Waals surface area contributed by atoms with Gasteiger partial charge in [0.25, 0.3) is 5.56 Å². The molecule has 1 N–H and O–H groups in total. The molecule has 4 heterocycles. The number of piperazine rings is 1. The van der Waals surface area contributed by atoms with Crippen LogP contribution in [0.1, 0.15) is 0 Å². The van der Waals surface area contributed by atoms with E-state index in [-0.39, 0.29) is 5.56 Å². The van der Waals surface area contributed by atoms with Crippen molar-refractivity contribution in [2.24, 2.45) is 7.05 Å². The number of hydrogen-bond acceptors (Lipinski definition) is 5. The van der Waals surface area contributed by atoms with E-state index in [0.29, 0.717) is 48.8 Å². The molecule has 3 aromatic rings. The Morgan fingerprint density at radius 1 is 1.20 bits per heavy atom. The van der Waals surface area contributed by atoms with Crippen molar-refractivity contribution in [3.63, 3.8) is 0 Å². The number of nitrogens with one attached hydrogen (secondary N) is 1. The van der Waals surface area contributed by atoms with Crippen LogP contribution in [0.4, 0.5) is 17.5 Å². The van der Waals surface area contributed by atoms with Crippen LogP contribution in [-0.4, -0.2) is 45.7 Å². The van der Waals surface area contributed by atoms with E-state index in [9.17, 15) is 4.79 Å². The SMILES string of the molecule is [C-]#[N+]c1cccnc1N1CCN(c2nc3c(ccn3C)c(=O)[nH]2)CC1. The molecule has 0 aliphatic carbocycles. The molecule has 0 unspecified atom stereocenters. The Kier molecular flexibility index (Phi) is 3.61. The van der Waals surface area contributed by atoms with Gasteiger partial charge in [-0.1, -0.05) is 12.1 Å². The zero-order valence-electron chi connectivity index (χ0n) is 13.8. The van der Waals surface area contributed by atoms with Gasteiger partial charge in [0, 0.05) is 45.6 Å². The Morgan fingerprint density at radius 2 is 1.96 bits per heavy atom. The van der Waals surface area contributed by atoms with Crippen LogP contribution >= 0.6 is 0 Å². The van der Waals surface area contributed by atoms with Gasteiger partial charge in [-0.2, -0.15) is 4.98 Å². The maximum atomic E-state index is 12.2. The summed E-state index contributed by atoms with van der Waals surface area (Å²) in [4.78, 5) is 31.8. The Bertz CT molecular complexity index is 1020. The number of anilines is 2. The number of hydrogen-bond donors (Lipinski definition) is 1. The highest BCUT2D eigenvalue weighted by molar-refractivity contribution is 5.76. The molecule has 8 nitrogen and oxygen atoms in total. The third-order valence-corrected chi connectivity index (χ3v) is 4.49. The summed E-state index contributed by atoms with van der Waals surface area (Å²) in [7, 11) is 1.88. The quantitative estimate of drug-likeness (QED) is 0.719. The normalized spacial score (nSPS) is 14.7. The zero-order valence-corrected chi connectivity index (χ0v) is 13.8. The van der Waals surface area contributed by atoms with E-state index in [1.54, 1.807) is 24.4 Å². The van der Waals surface area contributed by atoms with Gasteiger partial charge in [0.1, 0.15) is 11.5 Å². The number of H-pyrrole nitrogens is 1. The van der Waals surface area contributed by atoms with Crippen molar-refractivity contribution in [3.05, 3.63) is 52.4 Å². The molecule has 25 heavy (non-hydrogen) atoms. The minimum atomic E-state index is -0.122. The van der Waals surface area contributed by atoms with Gasteiger partial charge in [-0.05, 0) is 6.07 Å². The third-order valence-electron chi connectivity index (χ3n) is 4.49. The van der Waals surface area contributed by atoms with Gasteiger partial charge >= 0.3 is 0 Å². The first-order valence-corrected chi connectivity index (χ1v) is 8.05. The first-order valence-electron chi connectivity index (χ1n) is 8.05. The fraction of sp³-hybridized carbons (Fsp3) is 0.294. The van der Waals surface area contributed by atoms with Gasteiger partial charge < -0.3 is 14.4 Å². The average molecular weight is 335 g/mol. The fourth-order valence-electron chi connectivity index (χ4n) is 3.13. The fourth-order valence-corrected chi connectivity index (χ4v) is 3.13. The topological polar surface area (TPSA) is 74.4 Å². The van der Waals surface area contributed by atoms with Crippen molar-refractivity contribution < 1.29 is 0 Å². The molecule has 1 saturated heterocycles. The number of aromatic amines is 1. The molecule has 0 bridgehead atoms. The molecular weight excluding hydrogens is 318 g/mol. The Balaban J connectivity index is 1.57. The van der Waals surface area contributed by atoms with E-state index in [4.69, 9.17) is 6.57 Å². The monoisotopic (exact) mass is 335 g/mol. The number of aromatic nitrogens is 4. The van der Waals surface area contributed by atoms with Gasteiger partial charge in [-0.15, -0.1) is 0 Å². The van der Waals surface area contributed by atoms with Crippen LogP contribution < -0.4 is 15.4 Å². The van der Waals surface area contributed by atoms with Crippen LogP contribution in [0.25, 0.3) is 15.9 Å². The second-order valence-electron chi connectivity index (χ2n) is 5.99. The highest BCUT2D eigenvalue weighted by Crippen LogP contribution is 2.26. The summed E-state index contributed by atoms with van der Waals surface area (Å²) in [6, 6.07) is 5.33. The van der Waals surface area contributed by atoms with Crippen LogP contribution in [0.2, 0.25) is 0 Å². The molecule has 4 rings (SSSR count). The second-order valence-corrected chi connectivity index (χ2v) is 5.99. The Morgan fingerprint density at radius 3 is 2.72 bits per heavy atom. The summed E-state index contributed by atoms with van der Waals surface area (Å²) in [6.45, 7) is 10.1. The summed E-state index contributed by atoms with van der Waals surface area (Å²) in [6.07, 6.45) is 3.54. The lowest BCUT2D eigenvalue weighted by atomic mass is 10.3. The number of pyridine rings is 1. The number of nitrogens with zero attached hydrogens (tertiary/aromatic N) is 6. The van der Waals surface area contributed by atoms with Crippen molar-refractivity contribution in [3.8, 4) is 0 Å². The van der Waals surface area contributed by atoms with Crippen LogP contribution in [0, 0.1) is 6.57 Å². The van der Waals surface area contributed by atoms with Crippen molar-refractivity contribution >= 4 is 28.5 Å². The van der Waals surface area contributed by atoms with Crippen molar-refractivity contribution in [1.29, 1.82) is 0 Å². The van der Waals surface area contributed by atoms with Gasteiger partial charge in [-0.3, -0.25) is 14.8 Å². The smallest absolute Gasteiger partial charge is 0.261 e. The Hall–Kier alpha value is -3.34. The van der Waals surface area contributed by atoms with E-state index in [1.807, 2.05) is 17.8 Å². The third kappa shape index (κ3) is 2.59. The molecule has 0 amide bonds. The molecule has 3 aromatic heterocycles. The molecule has 0 saturated carbocycles. The molecule has 0 radical (unpaired) electrons. The van der Waals surface area contributed by atoms with E-state index >= 15 is 0 Å². The van der Waals surface area contributed by atoms with Crippen LogP contribution in [0.5, 0.6) is 0 Å². The standard InChI is InChI=1S/C17H17N7O/c1-18-13-4-3-6-19-15(13)23-8-10-24(11-9-23)17-20-14-12(16(25)21-17)5-7-22(14)2/h3-7H,8-11H2,2H3,(H,20,21,25). The molecule has 0 atom stereocenters. The molecule has 8 heteroatoms. The molecule has 126 valence electrons. The maximum Gasteiger partial charge on any atom is 0.261 e. The van der Waals surface area contributed by atoms with Crippen LogP contribution in [0.3, 0.4) is 0 Å². The highest BCUT2D eigenvalue weighted by atomic mass is 16.1. The molecular formula is C17H17N7O. The van der Waals surface area contributed by atoms with E-state index < -0.39 is 0 Å². The molecule has 1 fully saturated rings. The Labute approximate surface area is 144 Å². The zero-order chi connectivity index (χ0) is 17.4. The molecule has 1 aliphatic rings. The lowest BCUT2D eigenvalue weighted by Crippen LogP contribution is -2.47. The number of aryl methyl sites for hydroxylation is 1. The minimum absolute atomic E-state index is 0.122. The van der Waals surface area contributed by atoms with Gasteiger partial charge in [-0.25, -0.2) is 4.85 Å². The number of rotatable bonds is 2. The maximum absolute atomic E-state index is 12.2. The van der Waals surface area contributed by atoms with Crippen LogP contribution in [-0.2, 0) is 7.05 Å². The van der Waals surface area contributed by atoms with E-state index in [0.717, 1.165) is 5.82 Å². The first-order chi connectivity index (χ1) is 12.2. The minimum Gasteiger partial charge on any atom is -0.362 e. The lowest BCUT2D eigenvalue weighted by Gasteiger charge is -2.36. The molecule has 0 spiro atoms. The second kappa shape index (κ2) is 5.94. The predicted octanol–water partition coefficient (Wildman–Crippen LogP) is 1.53. The number of fused-ring (bicyclic) bond motifs is 1. The van der Waals surface area contributed by atoms with Crippen molar-refractivity contribution in [1.82, 2.24) is 19.5 Å². The molecule has 1 aliphatic heterocycles. The van der Waals surface area contributed by atoms with E-state index in [1.165, 1.54) is 0 Å². The van der Waals surface area contributed by atoms with Gasteiger partial charge in [0.05, 0.1) is 12.0 Å². The summed E-state index contributed by atoms with van der Waals surface area (Å²) in [5, 5.41) is 0.597. The van der Waals surface area contributed by atoms with Crippen molar-refractivity contribution in [2.45, 2.75) is 0 Å². The van der Waals surface area contributed by atoms with E-state index in [2.05, 4.69) is 29.6 Å². The lowest BCUT2D eigenvalue weighted by molar-refractivity contribution is 0.635. The van der Waals surface area contributed by atoms with Crippen molar-refractivity contribution in [2.75, 3.05) is 36.0 Å². The van der Waals surface area contributed by atoms with Gasteiger partial charge in [0.15, 0.2) is 0 Å². The van der Waals surface area contributed by atoms with Gasteiger partial charge in [0.2, 0.25) is 11.6 Å². The first kappa shape index (κ1) is 15.2. The summed E-state index contributed by atoms with van der Waals surface area (Å²) in [5.74, 6) is 1.31. The van der Waals surface area contributed by atoms with Crippen LogP contribution in [0.15, 0.2) is 35.4 Å². The largest absolute Gasteiger partial charge is 0.362 e. The highest BCUT2D eigenvalue weighted by Gasteiger charge is 2.22. The predicted molar refractivity (Wildman–Crippen MR) is 96.3 cm³/mol. The summed E-state index contributed by atoms with van der Waals surface area (Å²) < 4.78 is 1.85. The average Bonchev–Trinajstić information content (AvgIpc) is 3.03. The summed E-state index contributed by atoms with van der Waals surface area (Å²) >= 11 is 0. The summed E-state index contributed by atoms with van der Waals surface area (Å²) in [5.41, 5.74) is 1.12.